The summed E-state index contributed by atoms with van der Waals surface area (Å²) in [6, 6.07) is 8.90. The van der Waals surface area contributed by atoms with Crippen LogP contribution in [0.5, 0.6) is 0 Å². The van der Waals surface area contributed by atoms with Gasteiger partial charge in [0, 0.05) is 29.3 Å². The first-order chi connectivity index (χ1) is 9.22. The number of rotatable bonds is 4. The van der Waals surface area contributed by atoms with Crippen LogP contribution in [0.2, 0.25) is 0 Å². The van der Waals surface area contributed by atoms with Crippen LogP contribution in [0, 0.1) is 6.92 Å². The van der Waals surface area contributed by atoms with Gasteiger partial charge in [0.05, 0.1) is 6.04 Å². The largest absolute Gasteiger partial charge is 0.361 e. The van der Waals surface area contributed by atoms with Crippen molar-refractivity contribution in [3.05, 3.63) is 52.1 Å². The number of hydrogen-bond donors (Lipinski definition) is 2. The van der Waals surface area contributed by atoms with E-state index in [-0.39, 0.29) is 6.04 Å². The Morgan fingerprint density at radius 2 is 2.26 bits per heavy atom. The smallest absolute Gasteiger partial charge is 0.110 e. The SMILES string of the molecule is Cc1csc(C(C)NCc2ccc3cc[nH]c3c2)n1. The quantitative estimate of drug-likeness (QED) is 0.758. The number of thiazole rings is 1. The summed E-state index contributed by atoms with van der Waals surface area (Å²) in [4.78, 5) is 7.76. The minimum absolute atomic E-state index is 0.290. The summed E-state index contributed by atoms with van der Waals surface area (Å²) in [6.45, 7) is 5.05. The Bertz CT molecular complexity index is 683. The molecule has 3 aromatic rings. The fourth-order valence-corrected chi connectivity index (χ4v) is 2.96. The molecule has 3 rings (SSSR count). The molecule has 98 valence electrons. The van der Waals surface area contributed by atoms with Crippen LogP contribution >= 0.6 is 11.3 Å². The maximum absolute atomic E-state index is 4.51. The number of aromatic nitrogens is 2. The second-order valence-electron chi connectivity index (χ2n) is 4.83. The molecular formula is C15H17N3S. The minimum atomic E-state index is 0.290. The molecule has 2 aromatic heterocycles. The molecule has 0 saturated heterocycles. The van der Waals surface area contributed by atoms with Gasteiger partial charge in [0.1, 0.15) is 5.01 Å². The molecule has 1 atom stereocenters. The Morgan fingerprint density at radius 1 is 1.37 bits per heavy atom. The molecule has 1 unspecified atom stereocenters. The van der Waals surface area contributed by atoms with Crippen LogP contribution < -0.4 is 5.32 Å². The van der Waals surface area contributed by atoms with Crippen LogP contribution in [0.1, 0.15) is 29.2 Å². The monoisotopic (exact) mass is 271 g/mol. The van der Waals surface area contributed by atoms with Crippen molar-refractivity contribution in [3.63, 3.8) is 0 Å². The summed E-state index contributed by atoms with van der Waals surface area (Å²) in [5.41, 5.74) is 3.58. The summed E-state index contributed by atoms with van der Waals surface area (Å²) in [5.74, 6) is 0. The van der Waals surface area contributed by atoms with Gasteiger partial charge in [-0.3, -0.25) is 0 Å². The molecule has 19 heavy (non-hydrogen) atoms. The maximum atomic E-state index is 4.51. The fourth-order valence-electron chi connectivity index (χ4n) is 2.13. The molecule has 0 saturated carbocycles. The van der Waals surface area contributed by atoms with Crippen LogP contribution in [-0.2, 0) is 6.54 Å². The summed E-state index contributed by atoms with van der Waals surface area (Å²) in [6.07, 6.45) is 1.98. The van der Waals surface area contributed by atoms with Crippen molar-refractivity contribution in [2.75, 3.05) is 0 Å². The zero-order valence-electron chi connectivity index (χ0n) is 11.1. The molecule has 3 nitrogen and oxygen atoms in total. The van der Waals surface area contributed by atoms with Crippen molar-refractivity contribution in [2.24, 2.45) is 0 Å². The van der Waals surface area contributed by atoms with E-state index in [1.807, 2.05) is 13.1 Å². The molecule has 0 aliphatic rings. The Balaban J connectivity index is 1.68. The average Bonchev–Trinajstić information content (AvgIpc) is 3.03. The van der Waals surface area contributed by atoms with E-state index < -0.39 is 0 Å². The number of H-pyrrole nitrogens is 1. The number of nitrogens with one attached hydrogen (secondary N) is 2. The molecular weight excluding hydrogens is 254 g/mol. The van der Waals surface area contributed by atoms with Crippen LogP contribution in [0.15, 0.2) is 35.8 Å². The number of hydrogen-bond acceptors (Lipinski definition) is 3. The van der Waals surface area contributed by atoms with E-state index in [1.165, 1.54) is 16.5 Å². The first-order valence-corrected chi connectivity index (χ1v) is 7.32. The lowest BCUT2D eigenvalue weighted by Gasteiger charge is -2.11. The third-order valence-electron chi connectivity index (χ3n) is 3.24. The molecule has 2 heterocycles. The standard InChI is InChI=1S/C15H17N3S/c1-10-9-19-15(18-10)11(2)17-8-12-3-4-13-5-6-16-14(13)7-12/h3-7,9,11,16-17H,8H2,1-2H3. The van der Waals surface area contributed by atoms with Gasteiger partial charge in [-0.05, 0) is 36.9 Å². The Labute approximate surface area is 116 Å². The lowest BCUT2D eigenvalue weighted by molar-refractivity contribution is 0.571. The average molecular weight is 271 g/mol. The van der Waals surface area contributed by atoms with Crippen molar-refractivity contribution in [1.29, 1.82) is 0 Å². The van der Waals surface area contributed by atoms with Gasteiger partial charge in [-0.1, -0.05) is 12.1 Å². The van der Waals surface area contributed by atoms with E-state index in [2.05, 4.69) is 51.9 Å². The second kappa shape index (κ2) is 5.15. The highest BCUT2D eigenvalue weighted by atomic mass is 32.1. The van der Waals surface area contributed by atoms with Crippen molar-refractivity contribution < 1.29 is 0 Å². The van der Waals surface area contributed by atoms with E-state index in [0.717, 1.165) is 17.2 Å². The molecule has 0 spiro atoms. The molecule has 1 aromatic carbocycles. The van der Waals surface area contributed by atoms with Crippen LogP contribution in [0.3, 0.4) is 0 Å². The van der Waals surface area contributed by atoms with Crippen LogP contribution in [-0.4, -0.2) is 9.97 Å². The normalized spacial score (nSPS) is 12.9. The molecule has 0 amide bonds. The highest BCUT2D eigenvalue weighted by Crippen LogP contribution is 2.19. The number of aromatic amines is 1. The number of fused-ring (bicyclic) bond motifs is 1. The number of nitrogens with zero attached hydrogens (tertiary/aromatic N) is 1. The molecule has 4 heteroatoms. The maximum Gasteiger partial charge on any atom is 0.110 e. The molecule has 0 radical (unpaired) electrons. The zero-order valence-corrected chi connectivity index (χ0v) is 11.9. The van der Waals surface area contributed by atoms with Gasteiger partial charge in [0.2, 0.25) is 0 Å². The predicted octanol–water partition coefficient (Wildman–Crippen LogP) is 3.78. The van der Waals surface area contributed by atoms with E-state index in [1.54, 1.807) is 11.3 Å². The third-order valence-corrected chi connectivity index (χ3v) is 4.38. The van der Waals surface area contributed by atoms with Crippen molar-refractivity contribution >= 4 is 22.2 Å². The summed E-state index contributed by atoms with van der Waals surface area (Å²) < 4.78 is 0. The highest BCUT2D eigenvalue weighted by Gasteiger charge is 2.08. The van der Waals surface area contributed by atoms with Gasteiger partial charge in [0.15, 0.2) is 0 Å². The molecule has 0 fully saturated rings. The Hall–Kier alpha value is -1.65. The zero-order chi connectivity index (χ0) is 13.2. The summed E-state index contributed by atoms with van der Waals surface area (Å²) >= 11 is 1.72. The Kier molecular flexibility index (Phi) is 3.36. The van der Waals surface area contributed by atoms with Gasteiger partial charge in [-0.2, -0.15) is 0 Å². The predicted molar refractivity (Wildman–Crippen MR) is 80.4 cm³/mol. The first kappa shape index (κ1) is 12.4. The minimum Gasteiger partial charge on any atom is -0.361 e. The summed E-state index contributed by atoms with van der Waals surface area (Å²) in [7, 11) is 0. The lowest BCUT2D eigenvalue weighted by atomic mass is 10.1. The van der Waals surface area contributed by atoms with Gasteiger partial charge in [-0.15, -0.1) is 11.3 Å². The summed E-state index contributed by atoms with van der Waals surface area (Å²) in [5, 5.41) is 8.02. The molecule has 2 N–H and O–H groups in total. The van der Waals surface area contributed by atoms with E-state index in [4.69, 9.17) is 0 Å². The number of benzene rings is 1. The lowest BCUT2D eigenvalue weighted by Crippen LogP contribution is -2.17. The third kappa shape index (κ3) is 2.69. The molecule has 0 aliphatic heterocycles. The van der Waals surface area contributed by atoms with E-state index in [9.17, 15) is 0 Å². The van der Waals surface area contributed by atoms with Crippen LogP contribution in [0.4, 0.5) is 0 Å². The van der Waals surface area contributed by atoms with E-state index >= 15 is 0 Å². The highest BCUT2D eigenvalue weighted by molar-refractivity contribution is 7.09. The van der Waals surface area contributed by atoms with Gasteiger partial charge >= 0.3 is 0 Å². The Morgan fingerprint density at radius 3 is 3.05 bits per heavy atom. The van der Waals surface area contributed by atoms with Crippen molar-refractivity contribution in [3.8, 4) is 0 Å². The van der Waals surface area contributed by atoms with Crippen molar-refractivity contribution in [2.45, 2.75) is 26.4 Å². The van der Waals surface area contributed by atoms with Gasteiger partial charge in [-0.25, -0.2) is 4.98 Å². The van der Waals surface area contributed by atoms with E-state index in [0.29, 0.717) is 0 Å². The molecule has 0 bridgehead atoms. The number of aryl methyl sites for hydroxylation is 1. The second-order valence-corrected chi connectivity index (χ2v) is 5.72. The van der Waals surface area contributed by atoms with Gasteiger partial charge < -0.3 is 10.3 Å². The fraction of sp³-hybridized carbons (Fsp3) is 0.267. The molecule has 0 aliphatic carbocycles. The van der Waals surface area contributed by atoms with Gasteiger partial charge in [0.25, 0.3) is 0 Å². The van der Waals surface area contributed by atoms with Crippen molar-refractivity contribution in [1.82, 2.24) is 15.3 Å². The van der Waals surface area contributed by atoms with Crippen LogP contribution in [0.25, 0.3) is 10.9 Å². The first-order valence-electron chi connectivity index (χ1n) is 6.44. The topological polar surface area (TPSA) is 40.7 Å².